The Hall–Kier alpha value is -0.570. The predicted octanol–water partition coefficient (Wildman–Crippen LogP) is 1.17. The van der Waals surface area contributed by atoms with Crippen LogP contribution in [-0.4, -0.2) is 20.1 Å². The fourth-order valence-corrected chi connectivity index (χ4v) is 0.486. The Morgan fingerprint density at radius 3 is 1.82 bits per heavy atom. The van der Waals surface area contributed by atoms with Gasteiger partial charge in [0.25, 0.3) is 0 Å². The lowest BCUT2D eigenvalue weighted by atomic mass is 10.4. The molecular formula is C8H19NO2. The maximum atomic E-state index is 10.4. The molecule has 0 aromatic carbocycles. The summed E-state index contributed by atoms with van der Waals surface area (Å²) in [5, 5.41) is 0. The standard InChI is InChI=1S/C5H8O2.C2H6.CH5N/c1-7-5(6)4-2-3-4;2*1-2/h4H,2-3H2,1H3;1-2H3;2H2,1H3. The first-order valence-electron chi connectivity index (χ1n) is 4.00. The van der Waals surface area contributed by atoms with Gasteiger partial charge in [0.2, 0.25) is 0 Å². The van der Waals surface area contributed by atoms with E-state index >= 15 is 0 Å². The minimum absolute atomic E-state index is 0.0417. The molecule has 0 spiro atoms. The Morgan fingerprint density at radius 1 is 1.36 bits per heavy atom. The molecule has 3 heteroatoms. The molecule has 0 bridgehead atoms. The molecule has 1 rings (SSSR count). The molecule has 0 saturated heterocycles. The van der Waals surface area contributed by atoms with Gasteiger partial charge < -0.3 is 10.5 Å². The predicted molar refractivity (Wildman–Crippen MR) is 46.2 cm³/mol. The maximum absolute atomic E-state index is 10.4. The van der Waals surface area contributed by atoms with Crippen molar-refractivity contribution in [3.8, 4) is 0 Å². The highest BCUT2D eigenvalue weighted by molar-refractivity contribution is 5.74. The molecule has 0 aliphatic heterocycles. The number of hydrogen-bond acceptors (Lipinski definition) is 3. The van der Waals surface area contributed by atoms with Crippen molar-refractivity contribution in [1.29, 1.82) is 0 Å². The highest BCUT2D eigenvalue weighted by atomic mass is 16.5. The van der Waals surface area contributed by atoms with Crippen LogP contribution in [0.4, 0.5) is 0 Å². The van der Waals surface area contributed by atoms with E-state index in [1.165, 1.54) is 14.2 Å². The van der Waals surface area contributed by atoms with Gasteiger partial charge in [-0.1, -0.05) is 13.8 Å². The van der Waals surface area contributed by atoms with Crippen LogP contribution in [0.25, 0.3) is 0 Å². The number of carbonyl (C=O) groups excluding carboxylic acids is 1. The normalized spacial score (nSPS) is 13.2. The molecule has 0 heterocycles. The van der Waals surface area contributed by atoms with E-state index in [9.17, 15) is 4.79 Å². The fourth-order valence-electron chi connectivity index (χ4n) is 0.486. The molecule has 0 aromatic rings. The van der Waals surface area contributed by atoms with Crippen LogP contribution >= 0.6 is 0 Å². The first-order valence-corrected chi connectivity index (χ1v) is 4.00. The third-order valence-electron chi connectivity index (χ3n) is 1.11. The smallest absolute Gasteiger partial charge is 0.308 e. The van der Waals surface area contributed by atoms with Gasteiger partial charge >= 0.3 is 5.97 Å². The summed E-state index contributed by atoms with van der Waals surface area (Å²) in [4.78, 5) is 10.4. The molecule has 0 amide bonds. The summed E-state index contributed by atoms with van der Waals surface area (Å²) < 4.78 is 4.44. The van der Waals surface area contributed by atoms with Gasteiger partial charge in [-0.3, -0.25) is 4.79 Å². The van der Waals surface area contributed by atoms with Crippen molar-refractivity contribution in [3.05, 3.63) is 0 Å². The van der Waals surface area contributed by atoms with Crippen molar-refractivity contribution in [2.75, 3.05) is 14.2 Å². The van der Waals surface area contributed by atoms with Crippen LogP contribution in [-0.2, 0) is 9.53 Å². The molecule has 3 nitrogen and oxygen atoms in total. The molecule has 1 saturated carbocycles. The lowest BCUT2D eigenvalue weighted by Gasteiger charge is -1.89. The first kappa shape index (κ1) is 13.1. The Morgan fingerprint density at radius 2 is 1.73 bits per heavy atom. The molecule has 0 unspecified atom stereocenters. The summed E-state index contributed by atoms with van der Waals surface area (Å²) in [7, 11) is 2.93. The van der Waals surface area contributed by atoms with Crippen LogP contribution in [0.2, 0.25) is 0 Å². The van der Waals surface area contributed by atoms with E-state index in [4.69, 9.17) is 0 Å². The van der Waals surface area contributed by atoms with Gasteiger partial charge in [-0.25, -0.2) is 0 Å². The lowest BCUT2D eigenvalue weighted by Crippen LogP contribution is -2.00. The molecule has 0 atom stereocenters. The fraction of sp³-hybridized carbons (Fsp3) is 0.875. The quantitative estimate of drug-likeness (QED) is 0.587. The van der Waals surface area contributed by atoms with E-state index < -0.39 is 0 Å². The van der Waals surface area contributed by atoms with E-state index in [0.29, 0.717) is 0 Å². The van der Waals surface area contributed by atoms with Gasteiger partial charge in [0, 0.05) is 0 Å². The van der Waals surface area contributed by atoms with Gasteiger partial charge in [-0.05, 0) is 19.9 Å². The summed E-state index contributed by atoms with van der Waals surface area (Å²) in [6.45, 7) is 4.00. The molecule has 2 N–H and O–H groups in total. The number of ether oxygens (including phenoxy) is 1. The molecule has 11 heavy (non-hydrogen) atoms. The van der Waals surface area contributed by atoms with Gasteiger partial charge in [0.1, 0.15) is 0 Å². The minimum atomic E-state index is -0.0417. The second-order valence-electron chi connectivity index (χ2n) is 1.80. The van der Waals surface area contributed by atoms with Gasteiger partial charge in [0.05, 0.1) is 13.0 Å². The third kappa shape index (κ3) is 7.33. The van der Waals surface area contributed by atoms with Crippen molar-refractivity contribution in [3.63, 3.8) is 0 Å². The third-order valence-corrected chi connectivity index (χ3v) is 1.11. The molecule has 68 valence electrons. The van der Waals surface area contributed by atoms with Crippen LogP contribution in [0.3, 0.4) is 0 Å². The largest absolute Gasteiger partial charge is 0.469 e. The van der Waals surface area contributed by atoms with Gasteiger partial charge in [0.15, 0.2) is 0 Å². The van der Waals surface area contributed by atoms with Gasteiger partial charge in [-0.15, -0.1) is 0 Å². The molecule has 0 radical (unpaired) electrons. The van der Waals surface area contributed by atoms with Crippen LogP contribution in [0.15, 0.2) is 0 Å². The zero-order valence-electron chi connectivity index (χ0n) is 7.89. The second kappa shape index (κ2) is 9.43. The second-order valence-corrected chi connectivity index (χ2v) is 1.80. The van der Waals surface area contributed by atoms with Crippen LogP contribution < -0.4 is 5.73 Å². The summed E-state index contributed by atoms with van der Waals surface area (Å²) >= 11 is 0. The number of hydrogen-bond donors (Lipinski definition) is 1. The molecule has 1 aliphatic rings. The first-order chi connectivity index (χ1) is 5.34. The summed E-state index contributed by atoms with van der Waals surface area (Å²) in [5.41, 5.74) is 4.50. The SMILES string of the molecule is CC.CN.COC(=O)C1CC1. The number of nitrogens with two attached hydrogens (primary N) is 1. The van der Waals surface area contributed by atoms with Crippen LogP contribution in [0, 0.1) is 5.92 Å². The van der Waals surface area contributed by atoms with E-state index in [1.807, 2.05) is 13.8 Å². The number of rotatable bonds is 1. The summed E-state index contributed by atoms with van der Waals surface area (Å²) in [6.07, 6.45) is 2.07. The molecule has 1 fully saturated rings. The monoisotopic (exact) mass is 161 g/mol. The van der Waals surface area contributed by atoms with Crippen molar-refractivity contribution in [2.45, 2.75) is 26.7 Å². The number of esters is 1. The number of methoxy groups -OCH3 is 1. The topological polar surface area (TPSA) is 52.3 Å². The Labute approximate surface area is 68.9 Å². The summed E-state index contributed by atoms with van der Waals surface area (Å²) in [6, 6.07) is 0. The average Bonchev–Trinajstić information content (AvgIpc) is 2.93. The van der Waals surface area contributed by atoms with Gasteiger partial charge in [-0.2, -0.15) is 0 Å². The zero-order valence-corrected chi connectivity index (χ0v) is 7.89. The zero-order chi connectivity index (χ0) is 9.28. The Bertz CT molecular complexity index is 90.1. The molecule has 1 aliphatic carbocycles. The minimum Gasteiger partial charge on any atom is -0.469 e. The van der Waals surface area contributed by atoms with E-state index in [-0.39, 0.29) is 11.9 Å². The van der Waals surface area contributed by atoms with E-state index in [1.54, 1.807) is 0 Å². The van der Waals surface area contributed by atoms with Crippen molar-refractivity contribution >= 4 is 5.97 Å². The lowest BCUT2D eigenvalue weighted by molar-refractivity contribution is -0.142. The highest BCUT2D eigenvalue weighted by Gasteiger charge is 2.30. The van der Waals surface area contributed by atoms with Crippen LogP contribution in [0.5, 0.6) is 0 Å². The van der Waals surface area contributed by atoms with Crippen molar-refractivity contribution in [2.24, 2.45) is 11.7 Å². The van der Waals surface area contributed by atoms with Crippen LogP contribution in [0.1, 0.15) is 26.7 Å². The summed E-state index contributed by atoms with van der Waals surface area (Å²) in [5.74, 6) is 0.213. The van der Waals surface area contributed by atoms with E-state index in [0.717, 1.165) is 12.8 Å². The molecule has 0 aromatic heterocycles. The maximum Gasteiger partial charge on any atom is 0.308 e. The average molecular weight is 161 g/mol. The van der Waals surface area contributed by atoms with Crippen molar-refractivity contribution in [1.82, 2.24) is 0 Å². The highest BCUT2D eigenvalue weighted by Crippen LogP contribution is 2.29. The van der Waals surface area contributed by atoms with Crippen molar-refractivity contribution < 1.29 is 9.53 Å². The van der Waals surface area contributed by atoms with E-state index in [2.05, 4.69) is 10.5 Å². The number of carbonyl (C=O) groups is 1. The Balaban J connectivity index is 0. The Kier molecular flexibility index (Phi) is 11.2. The molecular weight excluding hydrogens is 142 g/mol.